The summed E-state index contributed by atoms with van der Waals surface area (Å²) in [5.74, 6) is -1.11. The van der Waals surface area contributed by atoms with Gasteiger partial charge in [-0.3, -0.25) is 19.7 Å². The van der Waals surface area contributed by atoms with E-state index in [2.05, 4.69) is 15.2 Å². The number of carbonyl (C=O) groups is 1. The monoisotopic (exact) mass is 241 g/mol. The van der Waals surface area contributed by atoms with Crippen LogP contribution in [0.15, 0.2) is 34.7 Å². The van der Waals surface area contributed by atoms with E-state index < -0.39 is 16.6 Å². The molecule has 2 rings (SSSR count). The molecule has 0 fully saturated rings. The van der Waals surface area contributed by atoms with Crippen LogP contribution in [0.1, 0.15) is 5.56 Å². The predicted molar refractivity (Wildman–Crippen MR) is 51.1 cm³/mol. The summed E-state index contributed by atoms with van der Waals surface area (Å²) in [6, 6.07) is 5.81. The highest BCUT2D eigenvalue weighted by Crippen LogP contribution is 2.36. The highest BCUT2D eigenvalue weighted by Gasteiger charge is 2.61. The molecule has 82 valence electrons. The number of nitro groups is 1. The summed E-state index contributed by atoms with van der Waals surface area (Å²) < 4.78 is 0. The molecule has 1 aliphatic heterocycles. The van der Waals surface area contributed by atoms with Gasteiger partial charge in [-0.15, -0.1) is 0 Å². The van der Waals surface area contributed by atoms with Gasteiger partial charge in [-0.25, -0.2) is 0 Å². The van der Waals surface area contributed by atoms with E-state index in [0.717, 1.165) is 0 Å². The molecule has 1 atom stereocenters. The zero-order chi connectivity index (χ0) is 11.8. The van der Waals surface area contributed by atoms with Crippen LogP contribution in [0.25, 0.3) is 0 Å². The number of amides is 1. The fourth-order valence-electron chi connectivity index (χ4n) is 1.33. The van der Waals surface area contributed by atoms with Crippen LogP contribution in [0, 0.1) is 10.1 Å². The molecule has 1 aliphatic rings. The van der Waals surface area contributed by atoms with Crippen LogP contribution in [0.2, 0.25) is 5.02 Å². The number of hydrogen-bond donors (Lipinski definition) is 0. The zero-order valence-corrected chi connectivity index (χ0v) is 8.42. The molecule has 7 nitrogen and oxygen atoms in total. The van der Waals surface area contributed by atoms with Crippen molar-refractivity contribution < 1.29 is 14.6 Å². The lowest BCUT2D eigenvalue weighted by atomic mass is 10.0. The van der Waals surface area contributed by atoms with Gasteiger partial charge < -0.3 is 0 Å². The lowest BCUT2D eigenvalue weighted by molar-refractivity contribution is -0.617. The maximum Gasteiger partial charge on any atom is 0.494 e. The predicted octanol–water partition coefficient (Wildman–Crippen LogP) is 1.69. The van der Waals surface area contributed by atoms with Crippen LogP contribution in [-0.4, -0.2) is 10.8 Å². The summed E-state index contributed by atoms with van der Waals surface area (Å²) in [6.45, 7) is 0. The fraction of sp³-hybridized carbons (Fsp3) is 0.125. The van der Waals surface area contributed by atoms with Crippen molar-refractivity contribution in [2.45, 2.75) is 5.72 Å². The first kappa shape index (κ1) is 10.5. The lowest BCUT2D eigenvalue weighted by Gasteiger charge is -2.15. The quantitative estimate of drug-likeness (QED) is 0.581. The Labute approximate surface area is 93.8 Å². The van der Waals surface area contributed by atoms with Gasteiger partial charge in [0.2, 0.25) is 0 Å². The summed E-state index contributed by atoms with van der Waals surface area (Å²) in [5.41, 5.74) is -2.53. The van der Waals surface area contributed by atoms with Crippen molar-refractivity contribution in [3.05, 3.63) is 45.0 Å². The molecule has 1 aromatic carbocycles. The Morgan fingerprint density at radius 3 is 2.62 bits per heavy atom. The smallest absolute Gasteiger partial charge is 0.287 e. The molecule has 1 aromatic rings. The first-order chi connectivity index (χ1) is 7.59. The highest BCUT2D eigenvalue weighted by molar-refractivity contribution is 6.31. The van der Waals surface area contributed by atoms with Crippen LogP contribution in [0.4, 0.5) is 0 Å². The minimum Gasteiger partial charge on any atom is -0.287 e. The second-order valence-electron chi connectivity index (χ2n) is 2.96. The van der Waals surface area contributed by atoms with Gasteiger partial charge in [0.15, 0.2) is 0 Å². The van der Waals surface area contributed by atoms with Crippen LogP contribution in [0.5, 0.6) is 0 Å². The van der Waals surface area contributed by atoms with Gasteiger partial charge in [0.05, 0.1) is 9.95 Å². The van der Waals surface area contributed by atoms with Crippen LogP contribution in [0.3, 0.4) is 0 Å². The molecule has 8 heteroatoms. The van der Waals surface area contributed by atoms with E-state index in [0.29, 0.717) is 0 Å². The lowest BCUT2D eigenvalue weighted by Crippen LogP contribution is -2.41. The van der Waals surface area contributed by atoms with Crippen molar-refractivity contribution >= 4 is 17.5 Å². The standard InChI is InChI=1S/C8H4ClN3O4/c9-6-4-2-1-3-5(6)8(12(14)15)7(13)10-11-16-8/h1-4H. The molecule has 0 aromatic heterocycles. The van der Waals surface area contributed by atoms with Gasteiger partial charge in [-0.2, -0.15) is 0 Å². The molecule has 16 heavy (non-hydrogen) atoms. The first-order valence-electron chi connectivity index (χ1n) is 4.12. The van der Waals surface area contributed by atoms with Gasteiger partial charge in [-0.05, 0) is 12.1 Å². The van der Waals surface area contributed by atoms with Crippen molar-refractivity contribution in [2.75, 3.05) is 0 Å². The molecule has 0 radical (unpaired) electrons. The maximum absolute atomic E-state index is 11.4. The molecule has 0 saturated heterocycles. The van der Waals surface area contributed by atoms with Crippen LogP contribution < -0.4 is 0 Å². The molecule has 0 bridgehead atoms. The van der Waals surface area contributed by atoms with Gasteiger partial charge in [-0.1, -0.05) is 28.8 Å². The molecular weight excluding hydrogens is 238 g/mol. The average molecular weight is 242 g/mol. The van der Waals surface area contributed by atoms with Crippen LogP contribution in [-0.2, 0) is 15.4 Å². The second kappa shape index (κ2) is 3.53. The number of rotatable bonds is 2. The van der Waals surface area contributed by atoms with Gasteiger partial charge in [0.1, 0.15) is 5.56 Å². The normalized spacial score (nSPS) is 23.2. The summed E-state index contributed by atoms with van der Waals surface area (Å²) >= 11 is 5.78. The highest BCUT2D eigenvalue weighted by atomic mass is 35.5. The Balaban J connectivity index is 2.63. The van der Waals surface area contributed by atoms with E-state index in [-0.39, 0.29) is 10.6 Å². The molecule has 1 amide bonds. The van der Waals surface area contributed by atoms with E-state index in [4.69, 9.17) is 11.6 Å². The van der Waals surface area contributed by atoms with Crippen molar-refractivity contribution in [3.63, 3.8) is 0 Å². The van der Waals surface area contributed by atoms with E-state index in [1.54, 1.807) is 6.07 Å². The topological polar surface area (TPSA) is 94.2 Å². The van der Waals surface area contributed by atoms with E-state index in [1.165, 1.54) is 18.2 Å². The third-order valence-electron chi connectivity index (χ3n) is 2.09. The summed E-state index contributed by atoms with van der Waals surface area (Å²) in [5, 5.41) is 16.9. The van der Waals surface area contributed by atoms with Gasteiger partial charge >= 0.3 is 11.6 Å². The van der Waals surface area contributed by atoms with E-state index >= 15 is 0 Å². The molecule has 1 unspecified atom stereocenters. The number of nitrogens with zero attached hydrogens (tertiary/aromatic N) is 3. The van der Waals surface area contributed by atoms with Crippen molar-refractivity contribution in [3.8, 4) is 0 Å². The minimum absolute atomic E-state index is 0.0415. The Morgan fingerprint density at radius 1 is 1.44 bits per heavy atom. The molecule has 0 saturated carbocycles. The summed E-state index contributed by atoms with van der Waals surface area (Å²) in [6.07, 6.45) is 0. The molecular formula is C8H4ClN3O4. The number of halogens is 1. The summed E-state index contributed by atoms with van der Waals surface area (Å²) in [4.78, 5) is 26.0. The third kappa shape index (κ3) is 1.25. The molecule has 0 aliphatic carbocycles. The Kier molecular flexibility index (Phi) is 2.31. The van der Waals surface area contributed by atoms with Gasteiger partial charge in [0, 0.05) is 5.28 Å². The third-order valence-corrected chi connectivity index (χ3v) is 2.42. The molecule has 0 N–H and O–H groups in total. The maximum atomic E-state index is 11.4. The van der Waals surface area contributed by atoms with E-state index in [9.17, 15) is 14.9 Å². The molecule has 0 spiro atoms. The van der Waals surface area contributed by atoms with Crippen molar-refractivity contribution in [2.24, 2.45) is 10.4 Å². The Morgan fingerprint density at radius 2 is 2.12 bits per heavy atom. The number of hydrogen-bond acceptors (Lipinski definition) is 5. The van der Waals surface area contributed by atoms with Crippen molar-refractivity contribution in [1.82, 2.24) is 0 Å². The van der Waals surface area contributed by atoms with E-state index in [1.807, 2.05) is 0 Å². The zero-order valence-electron chi connectivity index (χ0n) is 7.66. The number of benzene rings is 1. The minimum atomic E-state index is -2.45. The Hall–Kier alpha value is -2.02. The second-order valence-corrected chi connectivity index (χ2v) is 3.37. The largest absolute Gasteiger partial charge is 0.494 e. The summed E-state index contributed by atoms with van der Waals surface area (Å²) in [7, 11) is 0. The first-order valence-corrected chi connectivity index (χ1v) is 4.50. The Bertz CT molecular complexity index is 504. The average Bonchev–Trinajstić information content (AvgIpc) is 2.62. The van der Waals surface area contributed by atoms with Crippen LogP contribution >= 0.6 is 11.6 Å². The SMILES string of the molecule is O=C1N=NOC1(c1ccccc1Cl)[N+](=O)[O-]. The fourth-order valence-corrected chi connectivity index (χ4v) is 1.60. The van der Waals surface area contributed by atoms with Crippen molar-refractivity contribution in [1.29, 1.82) is 0 Å². The number of carbonyl (C=O) groups excluding carboxylic acids is 1. The van der Waals surface area contributed by atoms with Gasteiger partial charge in [0.25, 0.3) is 0 Å². The molecule has 1 heterocycles.